The van der Waals surface area contributed by atoms with Crippen molar-refractivity contribution in [3.05, 3.63) is 82.4 Å². The minimum absolute atomic E-state index is 0.101. The van der Waals surface area contributed by atoms with E-state index in [0.29, 0.717) is 6.04 Å². The third-order valence-electron chi connectivity index (χ3n) is 6.80. The average molecular weight is 443 g/mol. The summed E-state index contributed by atoms with van der Waals surface area (Å²) in [5.41, 5.74) is 2.43. The molecule has 158 valence electrons. The Hall–Kier alpha value is -1.77. The van der Waals surface area contributed by atoms with E-state index in [1.54, 1.807) is 0 Å². The van der Waals surface area contributed by atoms with E-state index in [9.17, 15) is 0 Å². The molecule has 0 N–H and O–H groups in total. The van der Waals surface area contributed by atoms with Crippen molar-refractivity contribution in [2.24, 2.45) is 5.41 Å². The topological polar surface area (TPSA) is 12.2 Å². The van der Waals surface area contributed by atoms with Crippen LogP contribution < -0.4 is 0 Å². The molecular weight excluding hydrogens is 413 g/mol. The van der Waals surface area contributed by atoms with Gasteiger partial charge in [-0.3, -0.25) is 0 Å². The summed E-state index contributed by atoms with van der Waals surface area (Å²) in [6.45, 7) is 10.8. The van der Waals surface area contributed by atoms with Gasteiger partial charge in [-0.2, -0.15) is 4.58 Å². The zero-order valence-corrected chi connectivity index (χ0v) is 19.5. The minimum atomic E-state index is -0.101. The van der Waals surface area contributed by atoms with Crippen molar-refractivity contribution in [3.63, 3.8) is 0 Å². The van der Waals surface area contributed by atoms with Gasteiger partial charge in [0.2, 0.25) is 0 Å². The summed E-state index contributed by atoms with van der Waals surface area (Å²) in [6, 6.07) is 17.1. The molecule has 2 aliphatic rings. The van der Waals surface area contributed by atoms with E-state index in [4.69, 9.17) is 27.9 Å². The molecule has 5 atom stereocenters. The van der Waals surface area contributed by atoms with Crippen LogP contribution in [0.25, 0.3) is 0 Å². The van der Waals surface area contributed by atoms with E-state index in [0.717, 1.165) is 35.2 Å². The number of hydrogen-bond donors (Lipinski definition) is 0. The fourth-order valence-corrected chi connectivity index (χ4v) is 5.79. The van der Waals surface area contributed by atoms with Crippen LogP contribution in [-0.2, 0) is 4.74 Å². The molecule has 0 spiro atoms. The molecule has 0 aromatic heterocycles. The molecule has 2 heterocycles. The second-order valence-electron chi connectivity index (χ2n) is 8.93. The molecule has 2 aromatic rings. The van der Waals surface area contributed by atoms with Crippen LogP contribution in [0.15, 0.2) is 61.2 Å². The van der Waals surface area contributed by atoms with E-state index in [1.165, 1.54) is 11.1 Å². The van der Waals surface area contributed by atoms with Crippen LogP contribution >= 0.6 is 23.2 Å². The molecule has 4 rings (SSSR count). The molecule has 4 heteroatoms. The van der Waals surface area contributed by atoms with Crippen molar-refractivity contribution >= 4 is 29.1 Å². The molecule has 0 saturated heterocycles. The maximum absolute atomic E-state index is 6.56. The van der Waals surface area contributed by atoms with Crippen molar-refractivity contribution in [2.45, 2.75) is 64.1 Å². The van der Waals surface area contributed by atoms with Crippen LogP contribution in [0.2, 0.25) is 10.0 Å². The SMILES string of the molecule is C=CC[C@@]1(C)C[C@H](c2cccc(Cl)c2)[C@@H](c2ccc(Cl)cc2)[N+]2=C1O[C@H](C)[C@@H]2CC. The van der Waals surface area contributed by atoms with Gasteiger partial charge in [0.1, 0.15) is 0 Å². The molecule has 0 bridgehead atoms. The normalized spacial score (nSPS) is 30.7. The zero-order valence-electron chi connectivity index (χ0n) is 17.9. The Labute approximate surface area is 190 Å². The minimum Gasteiger partial charge on any atom is -0.438 e. The highest BCUT2D eigenvalue weighted by molar-refractivity contribution is 6.30. The molecule has 0 radical (unpaired) electrons. The van der Waals surface area contributed by atoms with Crippen LogP contribution in [-0.4, -0.2) is 22.6 Å². The highest BCUT2D eigenvalue weighted by Gasteiger charge is 2.58. The summed E-state index contributed by atoms with van der Waals surface area (Å²) >= 11 is 12.7. The van der Waals surface area contributed by atoms with E-state index in [-0.39, 0.29) is 23.5 Å². The maximum atomic E-state index is 6.56. The first-order chi connectivity index (χ1) is 14.4. The highest BCUT2D eigenvalue weighted by Crippen LogP contribution is 2.52. The summed E-state index contributed by atoms with van der Waals surface area (Å²) < 4.78 is 9.12. The van der Waals surface area contributed by atoms with Gasteiger partial charge < -0.3 is 4.74 Å². The average Bonchev–Trinajstić information content (AvgIpc) is 3.06. The number of allylic oxidation sites excluding steroid dienone is 1. The third-order valence-corrected chi connectivity index (χ3v) is 7.29. The summed E-state index contributed by atoms with van der Waals surface area (Å²) in [5.74, 6) is 1.39. The first-order valence-corrected chi connectivity index (χ1v) is 11.6. The second kappa shape index (κ2) is 8.40. The molecule has 0 aliphatic carbocycles. The Kier molecular flexibility index (Phi) is 6.01. The molecular formula is C26H30Cl2NO+. The molecule has 2 aromatic carbocycles. The highest BCUT2D eigenvalue weighted by atomic mass is 35.5. The Morgan fingerprint density at radius 1 is 1.13 bits per heavy atom. The van der Waals surface area contributed by atoms with Gasteiger partial charge in [-0.25, -0.2) is 0 Å². The van der Waals surface area contributed by atoms with Crippen molar-refractivity contribution in [3.8, 4) is 0 Å². The number of nitrogens with zero attached hydrogens (tertiary/aromatic N) is 1. The van der Waals surface area contributed by atoms with Crippen LogP contribution in [0.1, 0.15) is 63.1 Å². The van der Waals surface area contributed by atoms with Crippen LogP contribution in [0.3, 0.4) is 0 Å². The van der Waals surface area contributed by atoms with E-state index in [1.807, 2.05) is 24.3 Å². The number of rotatable bonds is 5. The van der Waals surface area contributed by atoms with E-state index < -0.39 is 0 Å². The van der Waals surface area contributed by atoms with Crippen molar-refractivity contribution in [1.82, 2.24) is 0 Å². The Balaban J connectivity index is 1.95. The van der Waals surface area contributed by atoms with Gasteiger partial charge in [-0.05, 0) is 56.5 Å². The quantitative estimate of drug-likeness (QED) is 0.346. The van der Waals surface area contributed by atoms with Gasteiger partial charge in [0.15, 0.2) is 18.2 Å². The van der Waals surface area contributed by atoms with Gasteiger partial charge in [0, 0.05) is 22.0 Å². The summed E-state index contributed by atoms with van der Waals surface area (Å²) in [6.07, 6.45) is 5.06. The first-order valence-electron chi connectivity index (χ1n) is 10.8. The first kappa shape index (κ1) is 21.5. The predicted octanol–water partition coefficient (Wildman–Crippen LogP) is 7.41. The lowest BCUT2D eigenvalue weighted by atomic mass is 9.69. The molecule has 0 unspecified atom stereocenters. The van der Waals surface area contributed by atoms with Gasteiger partial charge in [0.25, 0.3) is 0 Å². The second-order valence-corrected chi connectivity index (χ2v) is 9.80. The molecule has 0 amide bonds. The monoisotopic (exact) mass is 442 g/mol. The van der Waals surface area contributed by atoms with E-state index >= 15 is 0 Å². The molecule has 2 nitrogen and oxygen atoms in total. The third kappa shape index (κ3) is 3.69. The predicted molar refractivity (Wildman–Crippen MR) is 126 cm³/mol. The Bertz CT molecular complexity index is 967. The number of hydrogen-bond acceptors (Lipinski definition) is 1. The van der Waals surface area contributed by atoms with Crippen LogP contribution in [0.5, 0.6) is 0 Å². The molecule has 30 heavy (non-hydrogen) atoms. The number of ether oxygens (including phenoxy) is 1. The van der Waals surface area contributed by atoms with Gasteiger partial charge in [-0.1, -0.05) is 60.5 Å². The maximum Gasteiger partial charge on any atom is 0.344 e. The molecule has 2 aliphatic heterocycles. The van der Waals surface area contributed by atoms with Gasteiger partial charge >= 0.3 is 5.90 Å². The van der Waals surface area contributed by atoms with Crippen molar-refractivity contribution in [1.29, 1.82) is 0 Å². The lowest BCUT2D eigenvalue weighted by Crippen LogP contribution is -2.45. The van der Waals surface area contributed by atoms with Gasteiger partial charge in [0.05, 0.1) is 11.3 Å². The summed E-state index contributed by atoms with van der Waals surface area (Å²) in [4.78, 5) is 0. The van der Waals surface area contributed by atoms with Crippen molar-refractivity contribution in [2.75, 3.05) is 0 Å². The standard InChI is InChI=1S/C26H30Cl2NO/c1-5-14-26(4)16-22(19-8-7-9-21(28)15-19)24(18-10-12-20(27)13-11-18)29-23(6-2)17(3)30-25(26)29/h5,7-13,15,17,22-24H,1,6,14,16H2,2-4H3/q+1/t17-,22-,23+,24-,26+/m1/s1. The smallest absolute Gasteiger partial charge is 0.344 e. The van der Waals surface area contributed by atoms with Gasteiger partial charge in [-0.15, -0.1) is 6.58 Å². The summed E-state index contributed by atoms with van der Waals surface area (Å²) in [7, 11) is 0. The lowest BCUT2D eigenvalue weighted by Gasteiger charge is -2.38. The lowest BCUT2D eigenvalue weighted by molar-refractivity contribution is -0.613. The Morgan fingerprint density at radius 3 is 2.50 bits per heavy atom. The fraction of sp³-hybridized carbons (Fsp3) is 0.423. The van der Waals surface area contributed by atoms with Crippen LogP contribution in [0.4, 0.5) is 0 Å². The largest absolute Gasteiger partial charge is 0.438 e. The van der Waals surface area contributed by atoms with E-state index in [2.05, 4.69) is 62.3 Å². The molecule has 0 saturated carbocycles. The Morgan fingerprint density at radius 2 is 1.87 bits per heavy atom. The summed E-state index contributed by atoms with van der Waals surface area (Å²) in [5, 5.41) is 1.54. The van der Waals surface area contributed by atoms with Crippen LogP contribution in [0, 0.1) is 5.41 Å². The zero-order chi connectivity index (χ0) is 21.5. The fourth-order valence-electron chi connectivity index (χ4n) is 5.47. The molecule has 0 fully saturated rings. The van der Waals surface area contributed by atoms with Crippen molar-refractivity contribution < 1.29 is 9.31 Å². The number of benzene rings is 2. The number of halogens is 2.